The van der Waals surface area contributed by atoms with Crippen LogP contribution >= 0.6 is 11.3 Å². The molecule has 0 atom stereocenters. The van der Waals surface area contributed by atoms with E-state index in [1.165, 1.54) is 11.1 Å². The van der Waals surface area contributed by atoms with Crippen LogP contribution in [0.15, 0.2) is 35.0 Å². The second-order valence-electron chi connectivity index (χ2n) is 6.32. The highest BCUT2D eigenvalue weighted by Gasteiger charge is 2.42. The van der Waals surface area contributed by atoms with E-state index in [0.717, 1.165) is 11.3 Å². The predicted molar refractivity (Wildman–Crippen MR) is 95.7 cm³/mol. The number of rotatable bonds is 2. The number of hydrogen-bond acceptors (Lipinski definition) is 5. The Balaban J connectivity index is 1.46. The van der Waals surface area contributed by atoms with Crippen LogP contribution in [0.5, 0.6) is 5.75 Å². The molecule has 5 nitrogen and oxygen atoms in total. The molecule has 2 aliphatic heterocycles. The van der Waals surface area contributed by atoms with Gasteiger partial charge in [0.15, 0.2) is 0 Å². The lowest BCUT2D eigenvalue weighted by atomic mass is 10.00. The van der Waals surface area contributed by atoms with E-state index in [0.29, 0.717) is 39.1 Å². The molecule has 6 heteroatoms. The molecule has 3 heterocycles. The van der Waals surface area contributed by atoms with Crippen LogP contribution in [0.25, 0.3) is 11.1 Å². The molecule has 0 N–H and O–H groups in total. The van der Waals surface area contributed by atoms with E-state index in [9.17, 15) is 4.79 Å². The maximum atomic E-state index is 11.8. The van der Waals surface area contributed by atoms with Gasteiger partial charge < -0.3 is 19.1 Å². The number of thiophene rings is 1. The Morgan fingerprint density at radius 3 is 2.84 bits per heavy atom. The van der Waals surface area contributed by atoms with Crippen molar-refractivity contribution in [3.8, 4) is 16.9 Å². The lowest BCUT2D eigenvalue weighted by molar-refractivity contribution is -0.226. The van der Waals surface area contributed by atoms with Crippen molar-refractivity contribution in [3.05, 3.63) is 40.6 Å². The average Bonchev–Trinajstić information content (AvgIpc) is 3.17. The highest BCUT2D eigenvalue weighted by Crippen LogP contribution is 2.39. The lowest BCUT2D eigenvalue weighted by Gasteiger charge is -2.43. The number of benzene rings is 1. The molecule has 0 radical (unpaired) electrons. The number of ether oxygens (including phenoxy) is 3. The van der Waals surface area contributed by atoms with Gasteiger partial charge in [0.25, 0.3) is 0 Å². The third kappa shape index (κ3) is 3.24. The Kier molecular flexibility index (Phi) is 4.39. The first-order chi connectivity index (χ1) is 12.2. The molecule has 25 heavy (non-hydrogen) atoms. The van der Waals surface area contributed by atoms with E-state index in [2.05, 4.69) is 29.0 Å². The molecule has 2 aromatic rings. The first-order valence-corrected chi connectivity index (χ1v) is 9.53. The Bertz CT molecular complexity index is 751. The van der Waals surface area contributed by atoms with Gasteiger partial charge in [-0.1, -0.05) is 6.07 Å². The molecule has 1 aromatic carbocycles. The topological polar surface area (TPSA) is 48.0 Å². The first kappa shape index (κ1) is 16.4. The molecule has 4 rings (SSSR count). The fourth-order valence-electron chi connectivity index (χ4n) is 3.33. The van der Waals surface area contributed by atoms with Crippen molar-refractivity contribution >= 4 is 17.4 Å². The fourth-order valence-corrected chi connectivity index (χ4v) is 4.00. The number of piperidine rings is 1. The summed E-state index contributed by atoms with van der Waals surface area (Å²) < 4.78 is 17.4. The number of amides is 1. The monoisotopic (exact) mass is 359 g/mol. The summed E-state index contributed by atoms with van der Waals surface area (Å²) in [5.74, 6) is 0.259. The maximum Gasteiger partial charge on any atom is 0.409 e. The summed E-state index contributed by atoms with van der Waals surface area (Å²) in [5, 5.41) is 4.22. The molecule has 1 aromatic heterocycles. The van der Waals surface area contributed by atoms with Crippen LogP contribution in [0.2, 0.25) is 0 Å². The quantitative estimate of drug-likeness (QED) is 0.803. The molecule has 0 bridgehead atoms. The maximum absolute atomic E-state index is 11.8. The highest BCUT2D eigenvalue weighted by molar-refractivity contribution is 7.08. The number of likely N-dealkylation sites (tertiary alicyclic amines) is 1. The van der Waals surface area contributed by atoms with E-state index in [4.69, 9.17) is 14.2 Å². The minimum absolute atomic E-state index is 0.256. The van der Waals surface area contributed by atoms with Crippen molar-refractivity contribution in [2.24, 2.45) is 0 Å². The van der Waals surface area contributed by atoms with E-state index < -0.39 is 5.79 Å². The van der Waals surface area contributed by atoms with Crippen molar-refractivity contribution in [1.29, 1.82) is 0 Å². The number of carbonyl (C=O) groups excluding carboxylic acids is 1. The molecular formula is C19H21NO4S. The number of hydrogen-bond donors (Lipinski definition) is 0. The largest absolute Gasteiger partial charge is 0.462 e. The van der Waals surface area contributed by atoms with Gasteiger partial charge >= 0.3 is 6.09 Å². The van der Waals surface area contributed by atoms with Crippen LogP contribution in [0.1, 0.15) is 25.3 Å². The molecule has 132 valence electrons. The SMILES string of the molecule is CCOC(=O)N1CCC2(CC1)OCc1cc(-c3ccsc3)ccc1O2. The van der Waals surface area contributed by atoms with Gasteiger partial charge in [0.2, 0.25) is 5.79 Å². The lowest BCUT2D eigenvalue weighted by Crippen LogP contribution is -2.52. The number of nitrogens with zero attached hydrogens (tertiary/aromatic N) is 1. The molecule has 1 spiro atoms. The first-order valence-electron chi connectivity index (χ1n) is 8.59. The smallest absolute Gasteiger partial charge is 0.409 e. The van der Waals surface area contributed by atoms with Crippen LogP contribution in [0.4, 0.5) is 4.79 Å². The van der Waals surface area contributed by atoms with Crippen LogP contribution in [-0.2, 0) is 16.1 Å². The Morgan fingerprint density at radius 1 is 1.28 bits per heavy atom. The summed E-state index contributed by atoms with van der Waals surface area (Å²) in [6, 6.07) is 8.37. The summed E-state index contributed by atoms with van der Waals surface area (Å²) in [4.78, 5) is 13.6. The summed E-state index contributed by atoms with van der Waals surface area (Å²) in [5.41, 5.74) is 3.47. The predicted octanol–water partition coefficient (Wildman–Crippen LogP) is 4.27. The Morgan fingerprint density at radius 2 is 2.12 bits per heavy atom. The van der Waals surface area contributed by atoms with Crippen molar-refractivity contribution < 1.29 is 19.0 Å². The summed E-state index contributed by atoms with van der Waals surface area (Å²) in [6.45, 7) is 3.92. The molecule has 0 saturated carbocycles. The Labute approximate surface area is 151 Å². The second-order valence-corrected chi connectivity index (χ2v) is 7.10. The van der Waals surface area contributed by atoms with Crippen molar-refractivity contribution in [2.45, 2.75) is 32.2 Å². The van der Waals surface area contributed by atoms with E-state index in [1.807, 2.05) is 13.0 Å². The Hall–Kier alpha value is -2.05. The van der Waals surface area contributed by atoms with E-state index in [-0.39, 0.29) is 6.09 Å². The van der Waals surface area contributed by atoms with Gasteiger partial charge in [-0.2, -0.15) is 11.3 Å². The molecule has 1 amide bonds. The van der Waals surface area contributed by atoms with Crippen molar-refractivity contribution in [3.63, 3.8) is 0 Å². The zero-order valence-electron chi connectivity index (χ0n) is 14.2. The van der Waals surface area contributed by atoms with Gasteiger partial charge in [-0.3, -0.25) is 0 Å². The zero-order valence-corrected chi connectivity index (χ0v) is 15.0. The molecule has 0 aliphatic carbocycles. The van der Waals surface area contributed by atoms with Crippen LogP contribution in [0.3, 0.4) is 0 Å². The minimum atomic E-state index is -0.625. The summed E-state index contributed by atoms with van der Waals surface area (Å²) in [6.07, 6.45) is 1.05. The summed E-state index contributed by atoms with van der Waals surface area (Å²) >= 11 is 1.69. The van der Waals surface area contributed by atoms with Crippen molar-refractivity contribution in [1.82, 2.24) is 4.90 Å². The van der Waals surface area contributed by atoms with Crippen molar-refractivity contribution in [2.75, 3.05) is 19.7 Å². The minimum Gasteiger partial charge on any atom is -0.462 e. The van der Waals surface area contributed by atoms with Gasteiger partial charge in [-0.25, -0.2) is 4.79 Å². The van der Waals surface area contributed by atoms with E-state index in [1.54, 1.807) is 16.2 Å². The molecule has 1 fully saturated rings. The summed E-state index contributed by atoms with van der Waals surface area (Å²) in [7, 11) is 0. The molecular weight excluding hydrogens is 338 g/mol. The van der Waals surface area contributed by atoms with Crippen LogP contribution in [0, 0.1) is 0 Å². The van der Waals surface area contributed by atoms with Gasteiger partial charge in [0, 0.05) is 31.5 Å². The fraction of sp³-hybridized carbons (Fsp3) is 0.421. The molecule has 1 saturated heterocycles. The third-order valence-electron chi connectivity index (χ3n) is 4.75. The molecule has 0 unspecified atom stereocenters. The van der Waals surface area contributed by atoms with Gasteiger partial charge in [0.1, 0.15) is 5.75 Å². The highest BCUT2D eigenvalue weighted by atomic mass is 32.1. The third-order valence-corrected chi connectivity index (χ3v) is 5.44. The van der Waals surface area contributed by atoms with Gasteiger partial charge in [0.05, 0.1) is 13.2 Å². The van der Waals surface area contributed by atoms with E-state index >= 15 is 0 Å². The van der Waals surface area contributed by atoms with Gasteiger partial charge in [-0.05, 0) is 47.0 Å². The standard InChI is InChI=1S/C19H21NO4S/c1-2-22-18(21)20-8-6-19(7-9-20)23-12-16-11-14(3-4-17(16)24-19)15-5-10-25-13-15/h3-5,10-11,13H,2,6-9,12H2,1H3. The number of fused-ring (bicyclic) bond motifs is 1. The zero-order chi connectivity index (χ0) is 17.3. The van der Waals surface area contributed by atoms with Gasteiger partial charge in [-0.15, -0.1) is 0 Å². The second kappa shape index (κ2) is 6.69. The normalized spacial score (nSPS) is 18.5. The average molecular weight is 359 g/mol. The molecule has 2 aliphatic rings. The van der Waals surface area contributed by atoms with Crippen LogP contribution < -0.4 is 4.74 Å². The van der Waals surface area contributed by atoms with Crippen LogP contribution in [-0.4, -0.2) is 36.5 Å². The number of carbonyl (C=O) groups is 1.